The summed E-state index contributed by atoms with van der Waals surface area (Å²) >= 11 is 1.86. The quantitative estimate of drug-likeness (QED) is 0.559. The third-order valence-corrected chi connectivity index (χ3v) is 2.10. The maximum Gasteiger partial charge on any atom is -0.0140 e. The summed E-state index contributed by atoms with van der Waals surface area (Å²) in [5, 5.41) is 0. The first kappa shape index (κ1) is 9.83. The molecule has 0 saturated carbocycles. The van der Waals surface area contributed by atoms with Crippen molar-refractivity contribution in [3.05, 3.63) is 23.1 Å². The van der Waals surface area contributed by atoms with Crippen molar-refractivity contribution < 1.29 is 0 Å². The first-order chi connectivity index (χ1) is 4.93. The molecule has 1 heteroatoms. The fourth-order valence-corrected chi connectivity index (χ4v) is 1.29. The van der Waals surface area contributed by atoms with Crippen LogP contribution in [0.5, 0.6) is 0 Å². The van der Waals surface area contributed by atoms with Crippen molar-refractivity contribution in [1.29, 1.82) is 0 Å². The highest BCUT2D eigenvalue weighted by atomic mass is 32.2. The Bertz CT molecular complexity index is 123. The molecule has 0 radical (unpaired) electrons. The first-order valence-corrected chi connectivity index (χ1v) is 5.05. The second-order valence-electron chi connectivity index (χ2n) is 1.80. The van der Waals surface area contributed by atoms with Gasteiger partial charge in [-0.15, -0.1) is 11.8 Å². The molecule has 0 N–H and O–H groups in total. The van der Waals surface area contributed by atoms with Crippen LogP contribution in [0.15, 0.2) is 23.1 Å². The van der Waals surface area contributed by atoms with E-state index in [9.17, 15) is 0 Å². The number of rotatable bonds is 1. The summed E-state index contributed by atoms with van der Waals surface area (Å²) in [7, 11) is 0. The normalized spacial score (nSPS) is 15.3. The molecule has 0 bridgehead atoms. The van der Waals surface area contributed by atoms with Crippen LogP contribution in [0.1, 0.15) is 26.7 Å². The zero-order valence-electron chi connectivity index (χ0n) is 7.05. The molecule has 0 aromatic heterocycles. The van der Waals surface area contributed by atoms with Crippen LogP contribution < -0.4 is 0 Å². The molecule has 1 rings (SSSR count). The van der Waals surface area contributed by atoms with Gasteiger partial charge in [0.25, 0.3) is 0 Å². The summed E-state index contributed by atoms with van der Waals surface area (Å²) in [5.41, 5.74) is 0. The molecule has 0 fully saturated rings. The van der Waals surface area contributed by atoms with Crippen LogP contribution in [0.2, 0.25) is 0 Å². The Morgan fingerprint density at radius 3 is 2.40 bits per heavy atom. The van der Waals surface area contributed by atoms with Crippen LogP contribution >= 0.6 is 11.8 Å². The van der Waals surface area contributed by atoms with Crippen LogP contribution in [0.25, 0.3) is 0 Å². The van der Waals surface area contributed by atoms with Gasteiger partial charge in [0.2, 0.25) is 0 Å². The summed E-state index contributed by atoms with van der Waals surface area (Å²) < 4.78 is 0. The van der Waals surface area contributed by atoms with Crippen LogP contribution in [-0.4, -0.2) is 6.26 Å². The van der Waals surface area contributed by atoms with Crippen molar-refractivity contribution in [2.75, 3.05) is 6.26 Å². The van der Waals surface area contributed by atoms with E-state index in [-0.39, 0.29) is 0 Å². The minimum atomic E-state index is 1.23. The molecule has 0 aliphatic heterocycles. The summed E-state index contributed by atoms with van der Waals surface area (Å²) in [6.07, 6.45) is 11.1. The molecule has 0 amide bonds. The molecule has 0 aromatic carbocycles. The van der Waals surface area contributed by atoms with Gasteiger partial charge in [-0.3, -0.25) is 0 Å². The molecule has 0 aromatic rings. The fraction of sp³-hybridized carbons (Fsp3) is 0.556. The molecule has 1 aliphatic rings. The van der Waals surface area contributed by atoms with Gasteiger partial charge < -0.3 is 0 Å². The van der Waals surface area contributed by atoms with Gasteiger partial charge in [0.05, 0.1) is 0 Å². The van der Waals surface area contributed by atoms with Gasteiger partial charge in [-0.1, -0.05) is 32.1 Å². The van der Waals surface area contributed by atoms with E-state index in [2.05, 4.69) is 24.5 Å². The molecule has 58 valence electrons. The summed E-state index contributed by atoms with van der Waals surface area (Å²) in [6, 6.07) is 0. The SMILES string of the molecule is CC.CSC1=CC=CCC1. The Labute approximate surface area is 68.4 Å². The van der Waals surface area contributed by atoms with Crippen molar-refractivity contribution in [3.63, 3.8) is 0 Å². The highest BCUT2D eigenvalue weighted by molar-refractivity contribution is 8.02. The largest absolute Gasteiger partial charge is 0.134 e. The van der Waals surface area contributed by atoms with Gasteiger partial charge in [-0.2, -0.15) is 0 Å². The lowest BCUT2D eigenvalue weighted by Gasteiger charge is -2.02. The molecule has 10 heavy (non-hydrogen) atoms. The van der Waals surface area contributed by atoms with Crippen molar-refractivity contribution in [3.8, 4) is 0 Å². The lowest BCUT2D eigenvalue weighted by atomic mass is 10.2. The maximum absolute atomic E-state index is 2.21. The van der Waals surface area contributed by atoms with E-state index in [0.717, 1.165) is 0 Å². The highest BCUT2D eigenvalue weighted by Gasteiger charge is 1.94. The second-order valence-corrected chi connectivity index (χ2v) is 2.74. The molecule has 0 spiro atoms. The Morgan fingerprint density at radius 1 is 1.40 bits per heavy atom. The zero-order valence-corrected chi connectivity index (χ0v) is 7.87. The van der Waals surface area contributed by atoms with Crippen molar-refractivity contribution >= 4 is 11.8 Å². The number of allylic oxidation sites excluding steroid dienone is 4. The van der Waals surface area contributed by atoms with E-state index < -0.39 is 0 Å². The molecule has 1 aliphatic carbocycles. The van der Waals surface area contributed by atoms with Crippen molar-refractivity contribution in [2.24, 2.45) is 0 Å². The Kier molecular flexibility index (Phi) is 6.83. The van der Waals surface area contributed by atoms with Gasteiger partial charge in [-0.25, -0.2) is 0 Å². The van der Waals surface area contributed by atoms with Crippen molar-refractivity contribution in [2.45, 2.75) is 26.7 Å². The van der Waals surface area contributed by atoms with Crippen LogP contribution in [0.3, 0.4) is 0 Å². The molecule has 0 atom stereocenters. The minimum absolute atomic E-state index is 1.23. The van der Waals surface area contributed by atoms with E-state index >= 15 is 0 Å². The summed E-state index contributed by atoms with van der Waals surface area (Å²) in [4.78, 5) is 1.51. The average molecular weight is 156 g/mol. The van der Waals surface area contributed by atoms with Crippen LogP contribution in [0.4, 0.5) is 0 Å². The number of hydrogen-bond donors (Lipinski definition) is 0. The predicted octanol–water partition coefficient (Wildman–Crippen LogP) is 3.61. The average Bonchev–Trinajstić information content (AvgIpc) is 2.10. The van der Waals surface area contributed by atoms with Crippen molar-refractivity contribution in [1.82, 2.24) is 0 Å². The molecule has 0 heterocycles. The Hall–Kier alpha value is -0.170. The lowest BCUT2D eigenvalue weighted by molar-refractivity contribution is 1.02. The fourth-order valence-electron chi connectivity index (χ4n) is 0.751. The van der Waals surface area contributed by atoms with Gasteiger partial charge >= 0.3 is 0 Å². The molecular weight excluding hydrogens is 140 g/mol. The van der Waals surface area contributed by atoms with E-state index in [1.54, 1.807) is 0 Å². The molecule has 0 saturated heterocycles. The summed E-state index contributed by atoms with van der Waals surface area (Å²) in [5.74, 6) is 0. The predicted molar refractivity (Wildman–Crippen MR) is 51.3 cm³/mol. The van der Waals surface area contributed by atoms with E-state index in [1.807, 2.05) is 25.6 Å². The second kappa shape index (κ2) is 6.94. The highest BCUT2D eigenvalue weighted by Crippen LogP contribution is 2.20. The van der Waals surface area contributed by atoms with E-state index in [1.165, 1.54) is 17.7 Å². The molecule has 0 nitrogen and oxygen atoms in total. The lowest BCUT2D eigenvalue weighted by Crippen LogP contribution is -1.79. The smallest absolute Gasteiger partial charge is 0.0140 e. The van der Waals surface area contributed by atoms with E-state index in [4.69, 9.17) is 0 Å². The third-order valence-electron chi connectivity index (χ3n) is 1.24. The monoisotopic (exact) mass is 156 g/mol. The Balaban J connectivity index is 0.000000371. The zero-order chi connectivity index (χ0) is 7.82. The minimum Gasteiger partial charge on any atom is -0.134 e. The van der Waals surface area contributed by atoms with Crippen LogP contribution in [-0.2, 0) is 0 Å². The van der Waals surface area contributed by atoms with E-state index in [0.29, 0.717) is 0 Å². The standard InChI is InChI=1S/C7H10S.C2H6/c1-8-7-5-3-2-4-6-7;1-2/h2-3,5H,4,6H2,1H3;1-2H3. The topological polar surface area (TPSA) is 0 Å². The Morgan fingerprint density at radius 2 is 2.10 bits per heavy atom. The maximum atomic E-state index is 2.21. The van der Waals surface area contributed by atoms with Gasteiger partial charge in [0, 0.05) is 0 Å². The first-order valence-electron chi connectivity index (χ1n) is 3.83. The van der Waals surface area contributed by atoms with Gasteiger partial charge in [-0.05, 0) is 24.0 Å². The third kappa shape index (κ3) is 3.78. The number of hydrogen-bond acceptors (Lipinski definition) is 1. The van der Waals surface area contributed by atoms with Crippen LogP contribution in [0, 0.1) is 0 Å². The summed E-state index contributed by atoms with van der Waals surface area (Å²) in [6.45, 7) is 4.00. The molecule has 0 unspecified atom stereocenters. The number of thioether (sulfide) groups is 1. The molecular formula is C9H16S. The van der Waals surface area contributed by atoms with Gasteiger partial charge in [0.15, 0.2) is 0 Å². The van der Waals surface area contributed by atoms with Gasteiger partial charge in [0.1, 0.15) is 0 Å².